The topological polar surface area (TPSA) is 46.6 Å². The van der Waals surface area contributed by atoms with Gasteiger partial charge in [-0.15, -0.1) is 0 Å². The van der Waals surface area contributed by atoms with Crippen LogP contribution in [0.3, 0.4) is 0 Å². The Morgan fingerprint density at radius 3 is 2.62 bits per heavy atom. The molecule has 0 aromatic heterocycles. The molecule has 0 aliphatic carbocycles. The lowest BCUT2D eigenvalue weighted by atomic mass is 10.2. The molecule has 0 unspecified atom stereocenters. The number of Topliss-reactive ketones (excluding diaryl/α,β-unsaturated/α-hetero) is 1. The van der Waals surface area contributed by atoms with E-state index in [2.05, 4.69) is 0 Å². The molecule has 0 aromatic carbocycles. The third kappa shape index (κ3) is 1.82. The van der Waals surface area contributed by atoms with Crippen LogP contribution in [0.2, 0.25) is 0 Å². The van der Waals surface area contributed by atoms with E-state index >= 15 is 0 Å². The van der Waals surface area contributed by atoms with Gasteiger partial charge < -0.3 is 4.74 Å². The van der Waals surface area contributed by atoms with Gasteiger partial charge in [0.1, 0.15) is 0 Å². The standard InChI is InChI=1S/C9H15NO3/c1-4-13-9(12)10-6(2)5-8(11)7(10)3/h6-7H,4-5H2,1-3H3/t6-,7+/m1/s1. The number of hydrogen-bond donors (Lipinski definition) is 0. The molecule has 0 aromatic rings. The van der Waals surface area contributed by atoms with Gasteiger partial charge in [-0.05, 0) is 20.8 Å². The van der Waals surface area contributed by atoms with Gasteiger partial charge in [0.15, 0.2) is 5.78 Å². The SMILES string of the molecule is CCOC(=O)N1[C@H](C)CC(=O)[C@@H]1C. The summed E-state index contributed by atoms with van der Waals surface area (Å²) in [6.45, 7) is 5.70. The van der Waals surface area contributed by atoms with E-state index in [1.807, 2.05) is 6.92 Å². The van der Waals surface area contributed by atoms with Crippen LogP contribution < -0.4 is 0 Å². The van der Waals surface area contributed by atoms with E-state index in [0.29, 0.717) is 13.0 Å². The molecule has 0 radical (unpaired) electrons. The van der Waals surface area contributed by atoms with Crippen molar-refractivity contribution < 1.29 is 14.3 Å². The molecule has 1 rings (SSSR count). The fourth-order valence-electron chi connectivity index (χ4n) is 1.63. The van der Waals surface area contributed by atoms with Crippen molar-refractivity contribution in [1.29, 1.82) is 0 Å². The first-order valence-corrected chi connectivity index (χ1v) is 4.55. The van der Waals surface area contributed by atoms with E-state index in [1.54, 1.807) is 13.8 Å². The van der Waals surface area contributed by atoms with Crippen LogP contribution in [0.25, 0.3) is 0 Å². The molecule has 1 fully saturated rings. The Bertz CT molecular complexity index is 227. The summed E-state index contributed by atoms with van der Waals surface area (Å²) in [4.78, 5) is 24.1. The lowest BCUT2D eigenvalue weighted by Crippen LogP contribution is -2.40. The molecule has 0 saturated carbocycles. The lowest BCUT2D eigenvalue weighted by molar-refractivity contribution is -0.119. The van der Waals surface area contributed by atoms with E-state index in [0.717, 1.165) is 0 Å². The van der Waals surface area contributed by atoms with Crippen LogP contribution >= 0.6 is 0 Å². The van der Waals surface area contributed by atoms with Gasteiger partial charge in [0.25, 0.3) is 0 Å². The normalized spacial score (nSPS) is 27.9. The van der Waals surface area contributed by atoms with Crippen molar-refractivity contribution in [2.75, 3.05) is 6.61 Å². The molecule has 1 aliphatic heterocycles. The number of amides is 1. The molecule has 74 valence electrons. The fourth-order valence-corrected chi connectivity index (χ4v) is 1.63. The van der Waals surface area contributed by atoms with Crippen molar-refractivity contribution in [3.63, 3.8) is 0 Å². The predicted octanol–water partition coefficient (Wildman–Crippen LogP) is 1.19. The van der Waals surface area contributed by atoms with Crippen LogP contribution in [0.1, 0.15) is 27.2 Å². The van der Waals surface area contributed by atoms with E-state index in [4.69, 9.17) is 4.74 Å². The molecule has 0 N–H and O–H groups in total. The number of ether oxygens (including phenoxy) is 1. The van der Waals surface area contributed by atoms with Crippen molar-refractivity contribution in [3.8, 4) is 0 Å². The maximum Gasteiger partial charge on any atom is 0.410 e. The number of rotatable bonds is 1. The summed E-state index contributed by atoms with van der Waals surface area (Å²) >= 11 is 0. The van der Waals surface area contributed by atoms with Crippen molar-refractivity contribution >= 4 is 11.9 Å². The number of carbonyl (C=O) groups is 2. The van der Waals surface area contributed by atoms with E-state index < -0.39 is 0 Å². The van der Waals surface area contributed by atoms with Crippen LogP contribution in [-0.2, 0) is 9.53 Å². The summed E-state index contributed by atoms with van der Waals surface area (Å²) in [7, 11) is 0. The minimum Gasteiger partial charge on any atom is -0.450 e. The van der Waals surface area contributed by atoms with Crippen molar-refractivity contribution in [2.24, 2.45) is 0 Å². The number of likely N-dealkylation sites (tertiary alicyclic amines) is 1. The molecule has 1 aliphatic rings. The van der Waals surface area contributed by atoms with Crippen molar-refractivity contribution in [3.05, 3.63) is 0 Å². The number of carbonyl (C=O) groups excluding carboxylic acids is 2. The highest BCUT2D eigenvalue weighted by Crippen LogP contribution is 2.21. The summed E-state index contributed by atoms with van der Waals surface area (Å²) in [5, 5.41) is 0. The van der Waals surface area contributed by atoms with Gasteiger partial charge in [-0.1, -0.05) is 0 Å². The first-order valence-electron chi connectivity index (χ1n) is 4.55. The second kappa shape index (κ2) is 3.77. The quantitative estimate of drug-likeness (QED) is 0.616. The van der Waals surface area contributed by atoms with E-state index in [9.17, 15) is 9.59 Å². The van der Waals surface area contributed by atoms with Gasteiger partial charge in [0, 0.05) is 12.5 Å². The average molecular weight is 185 g/mol. The molecule has 0 bridgehead atoms. The number of hydrogen-bond acceptors (Lipinski definition) is 3. The van der Waals surface area contributed by atoms with Crippen LogP contribution in [-0.4, -0.2) is 35.5 Å². The average Bonchev–Trinajstić information content (AvgIpc) is 2.27. The van der Waals surface area contributed by atoms with Gasteiger partial charge >= 0.3 is 6.09 Å². The van der Waals surface area contributed by atoms with E-state index in [-0.39, 0.29) is 24.0 Å². The molecular weight excluding hydrogens is 170 g/mol. The van der Waals surface area contributed by atoms with Crippen LogP contribution in [0.4, 0.5) is 4.79 Å². The maximum absolute atomic E-state index is 11.4. The first kappa shape index (κ1) is 10.0. The van der Waals surface area contributed by atoms with Crippen LogP contribution in [0, 0.1) is 0 Å². The van der Waals surface area contributed by atoms with Gasteiger partial charge in [0.05, 0.1) is 12.6 Å². The number of ketones is 1. The number of nitrogens with zero attached hydrogens (tertiary/aromatic N) is 1. The summed E-state index contributed by atoms with van der Waals surface area (Å²) in [5.41, 5.74) is 0. The summed E-state index contributed by atoms with van der Waals surface area (Å²) in [5.74, 6) is 0.112. The molecule has 2 atom stereocenters. The van der Waals surface area contributed by atoms with Gasteiger partial charge in [-0.2, -0.15) is 0 Å². The van der Waals surface area contributed by atoms with Gasteiger partial charge in [0.2, 0.25) is 0 Å². The third-order valence-electron chi connectivity index (χ3n) is 2.33. The molecule has 1 heterocycles. The highest BCUT2D eigenvalue weighted by molar-refractivity contribution is 5.90. The fraction of sp³-hybridized carbons (Fsp3) is 0.778. The maximum atomic E-state index is 11.4. The first-order chi connectivity index (χ1) is 6.07. The second-order valence-corrected chi connectivity index (χ2v) is 3.30. The zero-order valence-corrected chi connectivity index (χ0v) is 8.24. The van der Waals surface area contributed by atoms with Crippen molar-refractivity contribution in [2.45, 2.75) is 39.3 Å². The lowest BCUT2D eigenvalue weighted by Gasteiger charge is -2.23. The Morgan fingerprint density at radius 2 is 2.23 bits per heavy atom. The largest absolute Gasteiger partial charge is 0.450 e. The Morgan fingerprint density at radius 1 is 1.62 bits per heavy atom. The summed E-state index contributed by atoms with van der Waals surface area (Å²) in [6, 6.07) is -0.351. The minimum atomic E-state index is -0.381. The zero-order chi connectivity index (χ0) is 10.0. The second-order valence-electron chi connectivity index (χ2n) is 3.30. The Kier molecular flexibility index (Phi) is 2.90. The molecule has 13 heavy (non-hydrogen) atoms. The molecule has 4 heteroatoms. The smallest absolute Gasteiger partial charge is 0.410 e. The Balaban J connectivity index is 2.68. The summed E-state index contributed by atoms with van der Waals surface area (Å²) < 4.78 is 4.85. The molecule has 1 saturated heterocycles. The molecule has 0 spiro atoms. The minimum absolute atomic E-state index is 0.0263. The monoisotopic (exact) mass is 185 g/mol. The van der Waals surface area contributed by atoms with Crippen molar-refractivity contribution in [1.82, 2.24) is 4.90 Å². The highest BCUT2D eigenvalue weighted by Gasteiger charge is 2.38. The predicted molar refractivity (Wildman–Crippen MR) is 47.4 cm³/mol. The van der Waals surface area contributed by atoms with Crippen LogP contribution in [0.15, 0.2) is 0 Å². The zero-order valence-electron chi connectivity index (χ0n) is 8.24. The molecule has 4 nitrogen and oxygen atoms in total. The van der Waals surface area contributed by atoms with Gasteiger partial charge in [-0.3, -0.25) is 9.69 Å². The summed E-state index contributed by atoms with van der Waals surface area (Å²) in [6.07, 6.45) is 0.0633. The van der Waals surface area contributed by atoms with Gasteiger partial charge in [-0.25, -0.2) is 4.79 Å². The molecule has 1 amide bonds. The molecular formula is C9H15NO3. The highest BCUT2D eigenvalue weighted by atomic mass is 16.6. The Hall–Kier alpha value is -1.06. The van der Waals surface area contributed by atoms with Crippen LogP contribution in [0.5, 0.6) is 0 Å². The van der Waals surface area contributed by atoms with E-state index in [1.165, 1.54) is 4.90 Å². The Labute approximate surface area is 77.8 Å². The third-order valence-corrected chi connectivity index (χ3v) is 2.33.